The van der Waals surface area contributed by atoms with Crippen molar-refractivity contribution in [2.45, 2.75) is 19.9 Å². The van der Waals surface area contributed by atoms with Gasteiger partial charge >= 0.3 is 0 Å². The number of nitrogens with two attached hydrogens (primary N) is 1. The zero-order valence-electron chi connectivity index (χ0n) is 9.15. The van der Waals surface area contributed by atoms with Gasteiger partial charge in [-0.3, -0.25) is 0 Å². The molecule has 0 fully saturated rings. The largest absolute Gasteiger partial charge is 0.383 e. The molecule has 0 saturated carbocycles. The first kappa shape index (κ1) is 11.0. The van der Waals surface area contributed by atoms with Crippen LogP contribution in [0.25, 0.3) is 0 Å². The molecule has 1 aromatic heterocycles. The lowest BCUT2D eigenvalue weighted by Gasteiger charge is -2.04. The fourth-order valence-corrected chi connectivity index (χ4v) is 1.76. The van der Waals surface area contributed by atoms with Crippen LogP contribution in [0, 0.1) is 6.92 Å². The molecule has 0 amide bonds. The van der Waals surface area contributed by atoms with E-state index in [0.717, 1.165) is 18.7 Å². The summed E-state index contributed by atoms with van der Waals surface area (Å²) in [7, 11) is 0. The van der Waals surface area contributed by atoms with Crippen LogP contribution >= 0.6 is 11.6 Å². The number of anilines is 1. The molecular formula is C12H14ClN3. The van der Waals surface area contributed by atoms with Crippen LogP contribution < -0.4 is 5.73 Å². The molecule has 2 aromatic rings. The SMILES string of the molecule is Cc1nn(CCc2ccccc2)c(N)c1Cl. The first-order valence-electron chi connectivity index (χ1n) is 5.21. The summed E-state index contributed by atoms with van der Waals surface area (Å²) in [6.07, 6.45) is 0.905. The number of hydrogen-bond donors (Lipinski definition) is 1. The molecular weight excluding hydrogens is 222 g/mol. The highest BCUT2D eigenvalue weighted by Gasteiger charge is 2.09. The van der Waals surface area contributed by atoms with Gasteiger partial charge in [0.1, 0.15) is 10.8 Å². The molecule has 4 heteroatoms. The normalized spacial score (nSPS) is 10.6. The molecule has 0 radical (unpaired) electrons. The number of aryl methyl sites for hydroxylation is 3. The van der Waals surface area contributed by atoms with Gasteiger partial charge in [-0.2, -0.15) is 5.10 Å². The predicted molar refractivity (Wildman–Crippen MR) is 66.5 cm³/mol. The molecule has 2 rings (SSSR count). The molecule has 84 valence electrons. The minimum absolute atomic E-state index is 0.551. The van der Waals surface area contributed by atoms with E-state index in [0.29, 0.717) is 10.8 Å². The maximum Gasteiger partial charge on any atom is 0.140 e. The Kier molecular flexibility index (Phi) is 3.15. The lowest BCUT2D eigenvalue weighted by atomic mass is 10.1. The van der Waals surface area contributed by atoms with Crippen molar-refractivity contribution in [3.63, 3.8) is 0 Å². The third-order valence-electron chi connectivity index (χ3n) is 2.55. The van der Waals surface area contributed by atoms with E-state index in [1.807, 2.05) is 25.1 Å². The van der Waals surface area contributed by atoms with Crippen molar-refractivity contribution < 1.29 is 0 Å². The smallest absolute Gasteiger partial charge is 0.140 e. The van der Waals surface area contributed by atoms with E-state index in [4.69, 9.17) is 17.3 Å². The van der Waals surface area contributed by atoms with Gasteiger partial charge in [0.15, 0.2) is 0 Å². The van der Waals surface area contributed by atoms with Crippen molar-refractivity contribution in [3.05, 3.63) is 46.6 Å². The highest BCUT2D eigenvalue weighted by Crippen LogP contribution is 2.22. The quantitative estimate of drug-likeness (QED) is 0.889. The summed E-state index contributed by atoms with van der Waals surface area (Å²) >= 11 is 5.97. The van der Waals surface area contributed by atoms with E-state index < -0.39 is 0 Å². The molecule has 0 aliphatic carbocycles. The first-order chi connectivity index (χ1) is 7.68. The van der Waals surface area contributed by atoms with Crippen molar-refractivity contribution in [1.29, 1.82) is 0 Å². The number of halogens is 1. The standard InChI is InChI=1S/C12H14ClN3/c1-9-11(13)12(14)16(15-9)8-7-10-5-3-2-4-6-10/h2-6H,7-8,14H2,1H3. The second kappa shape index (κ2) is 4.58. The van der Waals surface area contributed by atoms with Crippen molar-refractivity contribution in [1.82, 2.24) is 9.78 Å². The predicted octanol–water partition coefficient (Wildman–Crippen LogP) is 2.67. The molecule has 0 atom stereocenters. The van der Waals surface area contributed by atoms with Crippen LogP contribution in [0.1, 0.15) is 11.3 Å². The van der Waals surface area contributed by atoms with E-state index in [1.54, 1.807) is 4.68 Å². The number of aromatic nitrogens is 2. The van der Waals surface area contributed by atoms with Gasteiger partial charge in [0.2, 0.25) is 0 Å². The molecule has 1 aromatic carbocycles. The van der Waals surface area contributed by atoms with E-state index in [2.05, 4.69) is 17.2 Å². The van der Waals surface area contributed by atoms with Gasteiger partial charge in [-0.15, -0.1) is 0 Å². The maximum atomic E-state index is 5.97. The van der Waals surface area contributed by atoms with E-state index in [-0.39, 0.29) is 0 Å². The summed E-state index contributed by atoms with van der Waals surface area (Å²) in [5, 5.41) is 4.85. The Labute approximate surface area is 99.8 Å². The summed E-state index contributed by atoms with van der Waals surface area (Å²) in [5.74, 6) is 0.551. The number of nitrogen functional groups attached to an aromatic ring is 1. The summed E-state index contributed by atoms with van der Waals surface area (Å²) < 4.78 is 1.75. The van der Waals surface area contributed by atoms with Crippen LogP contribution in [-0.2, 0) is 13.0 Å². The lowest BCUT2D eigenvalue weighted by molar-refractivity contribution is 0.618. The Bertz CT molecular complexity index is 477. The summed E-state index contributed by atoms with van der Waals surface area (Å²) in [6, 6.07) is 10.2. The van der Waals surface area contributed by atoms with Gasteiger partial charge in [-0.1, -0.05) is 41.9 Å². The topological polar surface area (TPSA) is 43.8 Å². The summed E-state index contributed by atoms with van der Waals surface area (Å²) in [4.78, 5) is 0. The molecule has 0 unspecified atom stereocenters. The Morgan fingerprint density at radius 2 is 2.00 bits per heavy atom. The Morgan fingerprint density at radius 1 is 1.31 bits per heavy atom. The zero-order valence-corrected chi connectivity index (χ0v) is 9.91. The minimum Gasteiger partial charge on any atom is -0.383 e. The minimum atomic E-state index is 0.551. The number of hydrogen-bond acceptors (Lipinski definition) is 2. The molecule has 0 saturated heterocycles. The number of rotatable bonds is 3. The summed E-state index contributed by atoms with van der Waals surface area (Å²) in [6.45, 7) is 2.61. The Hall–Kier alpha value is -1.48. The van der Waals surface area contributed by atoms with Gasteiger partial charge in [-0.05, 0) is 18.9 Å². The van der Waals surface area contributed by atoms with E-state index in [1.165, 1.54) is 5.56 Å². The van der Waals surface area contributed by atoms with Crippen molar-refractivity contribution in [3.8, 4) is 0 Å². The van der Waals surface area contributed by atoms with Crippen molar-refractivity contribution >= 4 is 17.4 Å². The van der Waals surface area contributed by atoms with Crippen LogP contribution in [-0.4, -0.2) is 9.78 Å². The van der Waals surface area contributed by atoms with Crippen molar-refractivity contribution in [2.75, 3.05) is 5.73 Å². The van der Waals surface area contributed by atoms with Crippen LogP contribution in [0.2, 0.25) is 5.02 Å². The van der Waals surface area contributed by atoms with Crippen LogP contribution in [0.3, 0.4) is 0 Å². The monoisotopic (exact) mass is 235 g/mol. The second-order valence-corrected chi connectivity index (χ2v) is 4.12. The molecule has 1 heterocycles. The zero-order chi connectivity index (χ0) is 11.5. The van der Waals surface area contributed by atoms with Gasteiger partial charge in [0.05, 0.1) is 5.69 Å². The van der Waals surface area contributed by atoms with E-state index >= 15 is 0 Å². The molecule has 0 aliphatic heterocycles. The third kappa shape index (κ3) is 2.19. The molecule has 0 bridgehead atoms. The molecule has 16 heavy (non-hydrogen) atoms. The van der Waals surface area contributed by atoms with Crippen molar-refractivity contribution in [2.24, 2.45) is 0 Å². The first-order valence-corrected chi connectivity index (χ1v) is 5.58. The van der Waals surface area contributed by atoms with Crippen LogP contribution in [0.5, 0.6) is 0 Å². The van der Waals surface area contributed by atoms with Gasteiger partial charge in [0.25, 0.3) is 0 Å². The van der Waals surface area contributed by atoms with E-state index in [9.17, 15) is 0 Å². The average molecular weight is 236 g/mol. The maximum absolute atomic E-state index is 5.97. The molecule has 0 spiro atoms. The second-order valence-electron chi connectivity index (χ2n) is 3.74. The van der Waals surface area contributed by atoms with Crippen LogP contribution in [0.15, 0.2) is 30.3 Å². The summed E-state index contributed by atoms with van der Waals surface area (Å²) in [5.41, 5.74) is 7.89. The fraction of sp³-hybridized carbons (Fsp3) is 0.250. The average Bonchev–Trinajstić information content (AvgIpc) is 2.56. The third-order valence-corrected chi connectivity index (χ3v) is 3.01. The fourth-order valence-electron chi connectivity index (χ4n) is 1.63. The molecule has 2 N–H and O–H groups in total. The Morgan fingerprint density at radius 3 is 2.56 bits per heavy atom. The Balaban J connectivity index is 2.08. The van der Waals surface area contributed by atoms with Crippen LogP contribution in [0.4, 0.5) is 5.82 Å². The highest BCUT2D eigenvalue weighted by atomic mass is 35.5. The van der Waals surface area contributed by atoms with Gasteiger partial charge in [0, 0.05) is 6.54 Å². The van der Waals surface area contributed by atoms with Gasteiger partial charge in [-0.25, -0.2) is 4.68 Å². The van der Waals surface area contributed by atoms with Gasteiger partial charge < -0.3 is 5.73 Å². The number of benzene rings is 1. The lowest BCUT2D eigenvalue weighted by Crippen LogP contribution is -2.07. The molecule has 3 nitrogen and oxygen atoms in total. The highest BCUT2D eigenvalue weighted by molar-refractivity contribution is 6.33. The molecule has 0 aliphatic rings. The number of nitrogens with zero attached hydrogens (tertiary/aromatic N) is 2.